The second kappa shape index (κ2) is 4.48. The number of sulfonamides is 1. The van der Waals surface area contributed by atoms with Gasteiger partial charge in [-0.2, -0.15) is 0 Å². The lowest BCUT2D eigenvalue weighted by Gasteiger charge is -2.21. The van der Waals surface area contributed by atoms with Gasteiger partial charge in [0.15, 0.2) is 0 Å². The van der Waals surface area contributed by atoms with Crippen molar-refractivity contribution in [3.63, 3.8) is 0 Å². The van der Waals surface area contributed by atoms with Crippen LogP contribution < -0.4 is 9.62 Å². The number of rotatable bonds is 3. The van der Waals surface area contributed by atoms with Crippen molar-refractivity contribution in [1.29, 1.82) is 0 Å². The third-order valence-corrected chi connectivity index (χ3v) is 5.04. The van der Waals surface area contributed by atoms with Gasteiger partial charge in [-0.3, -0.25) is 9.10 Å². The first-order valence-electron chi connectivity index (χ1n) is 6.79. The van der Waals surface area contributed by atoms with Crippen LogP contribution in [0.5, 0.6) is 0 Å². The van der Waals surface area contributed by atoms with Crippen molar-refractivity contribution < 1.29 is 13.2 Å². The minimum atomic E-state index is -3.27. The number of anilines is 1. The summed E-state index contributed by atoms with van der Waals surface area (Å²) < 4.78 is 25.1. The molecule has 1 aliphatic heterocycles. The zero-order valence-corrected chi connectivity index (χ0v) is 12.4. The van der Waals surface area contributed by atoms with E-state index < -0.39 is 10.0 Å². The van der Waals surface area contributed by atoms with Gasteiger partial charge in [0, 0.05) is 17.6 Å². The van der Waals surface area contributed by atoms with Gasteiger partial charge in [0.25, 0.3) is 5.91 Å². The summed E-state index contributed by atoms with van der Waals surface area (Å²) in [5.41, 5.74) is 2.23. The topological polar surface area (TPSA) is 66.5 Å². The van der Waals surface area contributed by atoms with Gasteiger partial charge in [0.2, 0.25) is 10.0 Å². The predicted molar refractivity (Wildman–Crippen MR) is 77.4 cm³/mol. The molecule has 1 aromatic rings. The van der Waals surface area contributed by atoms with E-state index in [0.717, 1.165) is 18.4 Å². The van der Waals surface area contributed by atoms with Crippen LogP contribution in [0.25, 0.3) is 0 Å². The Balaban J connectivity index is 1.91. The zero-order chi connectivity index (χ0) is 14.5. The van der Waals surface area contributed by atoms with Gasteiger partial charge in [-0.25, -0.2) is 8.42 Å². The molecule has 1 amide bonds. The Morgan fingerprint density at radius 3 is 2.65 bits per heavy atom. The van der Waals surface area contributed by atoms with Crippen LogP contribution in [0.3, 0.4) is 0 Å². The summed E-state index contributed by atoms with van der Waals surface area (Å²) in [6.07, 6.45) is 3.96. The van der Waals surface area contributed by atoms with Crippen molar-refractivity contribution in [2.75, 3.05) is 10.6 Å². The summed E-state index contributed by atoms with van der Waals surface area (Å²) in [5, 5.41) is 2.94. The number of nitrogens with one attached hydrogen (secondary N) is 1. The minimum absolute atomic E-state index is 0.0687. The van der Waals surface area contributed by atoms with Gasteiger partial charge in [0.05, 0.1) is 11.9 Å². The van der Waals surface area contributed by atoms with Crippen LogP contribution in [-0.4, -0.2) is 32.7 Å². The molecular weight excluding hydrogens is 276 g/mol. The summed E-state index contributed by atoms with van der Waals surface area (Å²) in [6.45, 7) is 1.88. The minimum Gasteiger partial charge on any atom is -0.349 e. The lowest BCUT2D eigenvalue weighted by molar-refractivity contribution is 0.0951. The number of hydrogen-bond acceptors (Lipinski definition) is 3. The molecule has 1 aliphatic carbocycles. The SMILES string of the molecule is C[C@@H]1Cc2cc(C(=O)NC3CC3)ccc2N1S(C)(=O)=O. The van der Waals surface area contributed by atoms with Crippen LogP contribution in [0.1, 0.15) is 35.7 Å². The molecule has 1 heterocycles. The Morgan fingerprint density at radius 1 is 1.35 bits per heavy atom. The molecule has 0 spiro atoms. The number of amides is 1. The van der Waals surface area contributed by atoms with Crippen LogP contribution >= 0.6 is 0 Å². The van der Waals surface area contributed by atoms with E-state index in [9.17, 15) is 13.2 Å². The monoisotopic (exact) mass is 294 g/mol. The van der Waals surface area contributed by atoms with Crippen LogP contribution in [0.2, 0.25) is 0 Å². The Morgan fingerprint density at radius 2 is 2.05 bits per heavy atom. The zero-order valence-electron chi connectivity index (χ0n) is 11.6. The molecule has 0 bridgehead atoms. The summed E-state index contributed by atoms with van der Waals surface area (Å²) in [4.78, 5) is 12.0. The second-order valence-corrected chi connectivity index (χ2v) is 7.56. The molecule has 108 valence electrons. The van der Waals surface area contributed by atoms with Crippen LogP contribution in [-0.2, 0) is 16.4 Å². The fraction of sp³-hybridized carbons (Fsp3) is 0.500. The van der Waals surface area contributed by atoms with E-state index in [4.69, 9.17) is 0 Å². The summed E-state index contributed by atoms with van der Waals surface area (Å²) in [5.74, 6) is -0.0687. The molecule has 2 aliphatic rings. The highest BCUT2D eigenvalue weighted by molar-refractivity contribution is 7.92. The predicted octanol–water partition coefficient (Wildman–Crippen LogP) is 1.29. The quantitative estimate of drug-likeness (QED) is 0.913. The average molecular weight is 294 g/mol. The number of fused-ring (bicyclic) bond motifs is 1. The van der Waals surface area contributed by atoms with Gasteiger partial charge in [-0.05, 0) is 49.9 Å². The molecule has 1 fully saturated rings. The van der Waals surface area contributed by atoms with Crippen molar-refractivity contribution in [2.45, 2.75) is 38.3 Å². The molecule has 0 saturated heterocycles. The average Bonchev–Trinajstić information content (AvgIpc) is 3.06. The molecule has 1 aromatic carbocycles. The van der Waals surface area contributed by atoms with Crippen molar-refractivity contribution in [1.82, 2.24) is 5.32 Å². The maximum absolute atomic E-state index is 12.0. The fourth-order valence-electron chi connectivity index (χ4n) is 2.75. The highest BCUT2D eigenvalue weighted by atomic mass is 32.2. The molecule has 0 unspecified atom stereocenters. The number of nitrogens with zero attached hydrogens (tertiary/aromatic N) is 1. The van der Waals surface area contributed by atoms with E-state index in [1.54, 1.807) is 12.1 Å². The summed E-state index contributed by atoms with van der Waals surface area (Å²) in [6, 6.07) is 5.48. The lowest BCUT2D eigenvalue weighted by atomic mass is 10.1. The van der Waals surface area contributed by atoms with Crippen molar-refractivity contribution in [2.24, 2.45) is 0 Å². The molecular formula is C14H18N2O3S. The Bertz CT molecular complexity index is 665. The Hall–Kier alpha value is -1.56. The van der Waals surface area contributed by atoms with Crippen molar-refractivity contribution >= 4 is 21.6 Å². The Kier molecular flexibility index (Phi) is 3.01. The molecule has 1 atom stereocenters. The highest BCUT2D eigenvalue weighted by Crippen LogP contribution is 2.34. The molecule has 1 N–H and O–H groups in total. The maximum atomic E-state index is 12.0. The van der Waals surface area contributed by atoms with Crippen LogP contribution in [0.15, 0.2) is 18.2 Å². The van der Waals surface area contributed by atoms with E-state index in [1.165, 1.54) is 10.6 Å². The number of benzene rings is 1. The standard InChI is InChI=1S/C14H18N2O3S/c1-9-7-11-8-10(14(17)15-12-4-5-12)3-6-13(11)16(9)20(2,18)19/h3,6,8-9,12H,4-5,7H2,1-2H3,(H,15,17)/t9-/m1/s1. The third-order valence-electron chi connectivity index (χ3n) is 3.76. The lowest BCUT2D eigenvalue weighted by Crippen LogP contribution is -2.34. The van der Waals surface area contributed by atoms with Crippen LogP contribution in [0.4, 0.5) is 5.69 Å². The summed E-state index contributed by atoms with van der Waals surface area (Å²) >= 11 is 0. The van der Waals surface area contributed by atoms with E-state index in [1.807, 2.05) is 13.0 Å². The maximum Gasteiger partial charge on any atom is 0.251 e. The van der Waals surface area contributed by atoms with Crippen molar-refractivity contribution in [3.8, 4) is 0 Å². The molecule has 6 heteroatoms. The molecule has 20 heavy (non-hydrogen) atoms. The van der Waals surface area contributed by atoms with Gasteiger partial charge < -0.3 is 5.32 Å². The molecule has 1 saturated carbocycles. The van der Waals surface area contributed by atoms with E-state index in [2.05, 4.69) is 5.32 Å². The van der Waals surface area contributed by atoms with Gasteiger partial charge in [-0.15, -0.1) is 0 Å². The number of carbonyl (C=O) groups is 1. The van der Waals surface area contributed by atoms with E-state index in [0.29, 0.717) is 23.7 Å². The highest BCUT2D eigenvalue weighted by Gasteiger charge is 2.33. The summed E-state index contributed by atoms with van der Waals surface area (Å²) in [7, 11) is -3.27. The largest absolute Gasteiger partial charge is 0.349 e. The Labute approximate surface area is 119 Å². The second-order valence-electron chi connectivity index (χ2n) is 5.70. The van der Waals surface area contributed by atoms with Gasteiger partial charge >= 0.3 is 0 Å². The van der Waals surface area contributed by atoms with Crippen LogP contribution in [0, 0.1) is 0 Å². The number of carbonyl (C=O) groups excluding carboxylic acids is 1. The molecule has 5 nitrogen and oxygen atoms in total. The fourth-order valence-corrected chi connectivity index (χ4v) is 4.01. The van der Waals surface area contributed by atoms with E-state index >= 15 is 0 Å². The normalized spacial score (nSPS) is 21.7. The first-order valence-corrected chi connectivity index (χ1v) is 8.64. The molecule has 0 radical (unpaired) electrons. The molecule has 0 aromatic heterocycles. The van der Waals surface area contributed by atoms with Crippen molar-refractivity contribution in [3.05, 3.63) is 29.3 Å². The first-order chi connectivity index (χ1) is 9.36. The van der Waals surface area contributed by atoms with E-state index in [-0.39, 0.29) is 11.9 Å². The third kappa shape index (κ3) is 2.40. The van der Waals surface area contributed by atoms with Gasteiger partial charge in [0.1, 0.15) is 0 Å². The first kappa shape index (κ1) is 13.4. The number of hydrogen-bond donors (Lipinski definition) is 1. The molecule has 3 rings (SSSR count). The van der Waals surface area contributed by atoms with Gasteiger partial charge in [-0.1, -0.05) is 0 Å². The smallest absolute Gasteiger partial charge is 0.251 e.